The minimum Gasteiger partial charge on any atom is -0.497 e. The van der Waals surface area contributed by atoms with Gasteiger partial charge in [-0.05, 0) is 47.4 Å². The van der Waals surface area contributed by atoms with Gasteiger partial charge in [-0.3, -0.25) is 5.41 Å². The zero-order valence-corrected chi connectivity index (χ0v) is 19.4. The number of hydrogen-bond donors (Lipinski definition) is 2. The van der Waals surface area contributed by atoms with Crippen LogP contribution >= 0.6 is 11.6 Å². The van der Waals surface area contributed by atoms with Crippen LogP contribution in [-0.4, -0.2) is 31.0 Å². The molecule has 7 nitrogen and oxygen atoms in total. The molecule has 2 atom stereocenters. The van der Waals surface area contributed by atoms with Gasteiger partial charge in [0.15, 0.2) is 11.5 Å². The van der Waals surface area contributed by atoms with Crippen LogP contribution in [0.3, 0.4) is 0 Å². The predicted molar refractivity (Wildman–Crippen MR) is 125 cm³/mol. The number of carbonyl (C=O) groups is 1. The van der Waals surface area contributed by atoms with E-state index in [1.807, 2.05) is 48.5 Å². The minimum absolute atomic E-state index is 0.135. The average Bonchev–Trinajstić information content (AvgIpc) is 2.82. The molecule has 0 bridgehead atoms. The quantitative estimate of drug-likeness (QED) is 0.465. The first kappa shape index (κ1) is 24.2. The first-order chi connectivity index (χ1) is 15.8. The number of methoxy groups -OCH3 is 2. The van der Waals surface area contributed by atoms with Crippen LogP contribution in [0.15, 0.2) is 71.2 Å². The van der Waals surface area contributed by atoms with E-state index >= 15 is 0 Å². The maximum Gasteiger partial charge on any atom is 0.350 e. The number of carboxylic acids is 1. The number of hydrogen-bond acceptors (Lipinski definition) is 6. The summed E-state index contributed by atoms with van der Waals surface area (Å²) >= 11 is 6.61. The Balaban J connectivity index is 1.83. The standard InChI is InChI=1S/C25H26ClNO6/c1-15-12-20(32-13-16-4-8-18(30-2)9-5-16)24(22(26)21(15)23(27)25(28)29)33-14-17-6-10-19(31-3)11-7-17/h4-12,15,21,27H,13-14H2,1-3H3,(H,28,29). The summed E-state index contributed by atoms with van der Waals surface area (Å²) in [4.78, 5) is 11.5. The third-order valence-electron chi connectivity index (χ3n) is 5.29. The highest BCUT2D eigenvalue weighted by Crippen LogP contribution is 2.39. The molecule has 174 valence electrons. The lowest BCUT2D eigenvalue weighted by Gasteiger charge is -2.29. The molecule has 0 spiro atoms. The van der Waals surface area contributed by atoms with E-state index in [1.165, 1.54) is 0 Å². The molecule has 2 aromatic rings. The number of benzene rings is 2. The molecule has 0 radical (unpaired) electrons. The van der Waals surface area contributed by atoms with Crippen molar-refractivity contribution in [2.45, 2.75) is 20.1 Å². The van der Waals surface area contributed by atoms with Gasteiger partial charge in [0.25, 0.3) is 0 Å². The van der Waals surface area contributed by atoms with E-state index in [-0.39, 0.29) is 29.9 Å². The Morgan fingerprint density at radius 3 is 1.88 bits per heavy atom. The summed E-state index contributed by atoms with van der Waals surface area (Å²) in [5, 5.41) is 17.5. The van der Waals surface area contributed by atoms with Gasteiger partial charge in [0.2, 0.25) is 0 Å². The Morgan fingerprint density at radius 1 is 0.939 bits per heavy atom. The van der Waals surface area contributed by atoms with Crippen molar-refractivity contribution < 1.29 is 28.8 Å². The zero-order valence-electron chi connectivity index (χ0n) is 18.6. The second kappa shape index (κ2) is 10.9. The van der Waals surface area contributed by atoms with Gasteiger partial charge >= 0.3 is 5.97 Å². The van der Waals surface area contributed by atoms with Crippen LogP contribution in [0, 0.1) is 17.2 Å². The molecule has 8 heteroatoms. The summed E-state index contributed by atoms with van der Waals surface area (Å²) in [5.74, 6) is -0.410. The normalized spacial score (nSPS) is 17.8. The molecule has 0 fully saturated rings. The number of nitrogens with one attached hydrogen (secondary N) is 1. The van der Waals surface area contributed by atoms with E-state index in [4.69, 9.17) is 36.0 Å². The SMILES string of the molecule is COc1ccc(COC2=CC(C)C(C(=N)C(=O)O)C(Cl)=C2OCc2ccc(OC)cc2)cc1. The van der Waals surface area contributed by atoms with Crippen LogP contribution in [0.1, 0.15) is 18.1 Å². The second-order valence-corrected chi connectivity index (χ2v) is 7.94. The zero-order chi connectivity index (χ0) is 24.0. The number of halogens is 1. The predicted octanol–water partition coefficient (Wildman–Crippen LogP) is 5.14. The molecule has 0 aliphatic heterocycles. The van der Waals surface area contributed by atoms with Crippen molar-refractivity contribution in [2.75, 3.05) is 14.2 Å². The van der Waals surface area contributed by atoms with E-state index in [0.717, 1.165) is 22.6 Å². The van der Waals surface area contributed by atoms with Gasteiger partial charge in [-0.1, -0.05) is 42.8 Å². The van der Waals surface area contributed by atoms with Crippen LogP contribution in [0.25, 0.3) is 0 Å². The topological polar surface area (TPSA) is 98.1 Å². The summed E-state index contributed by atoms with van der Waals surface area (Å²) < 4.78 is 22.4. The summed E-state index contributed by atoms with van der Waals surface area (Å²) in [5.41, 5.74) is 1.28. The minimum atomic E-state index is -1.32. The molecule has 0 aromatic heterocycles. The lowest BCUT2D eigenvalue weighted by atomic mass is 9.84. The molecular weight excluding hydrogens is 446 g/mol. The average molecular weight is 472 g/mol. The fourth-order valence-electron chi connectivity index (χ4n) is 3.44. The first-order valence-electron chi connectivity index (χ1n) is 10.3. The molecule has 1 aliphatic carbocycles. The van der Waals surface area contributed by atoms with Crippen LogP contribution in [0.5, 0.6) is 11.5 Å². The van der Waals surface area contributed by atoms with Gasteiger partial charge in [0.05, 0.1) is 25.2 Å². The summed E-state index contributed by atoms with van der Waals surface area (Å²) in [6.07, 6.45) is 1.75. The highest BCUT2D eigenvalue weighted by atomic mass is 35.5. The Hall–Kier alpha value is -3.45. The molecule has 0 heterocycles. The number of rotatable bonds is 10. The lowest BCUT2D eigenvalue weighted by molar-refractivity contribution is -0.129. The maximum atomic E-state index is 11.5. The second-order valence-electron chi connectivity index (χ2n) is 7.54. The number of ether oxygens (including phenoxy) is 4. The van der Waals surface area contributed by atoms with E-state index in [0.29, 0.717) is 5.76 Å². The van der Waals surface area contributed by atoms with Crippen LogP contribution in [0.2, 0.25) is 0 Å². The molecule has 2 unspecified atom stereocenters. The van der Waals surface area contributed by atoms with Crippen molar-refractivity contribution in [2.24, 2.45) is 11.8 Å². The molecule has 2 aromatic carbocycles. The van der Waals surface area contributed by atoms with Crippen molar-refractivity contribution in [3.63, 3.8) is 0 Å². The van der Waals surface area contributed by atoms with E-state index < -0.39 is 17.6 Å². The monoisotopic (exact) mass is 471 g/mol. The van der Waals surface area contributed by atoms with Crippen LogP contribution < -0.4 is 9.47 Å². The van der Waals surface area contributed by atoms with E-state index in [9.17, 15) is 9.90 Å². The van der Waals surface area contributed by atoms with E-state index in [2.05, 4.69) is 0 Å². The van der Waals surface area contributed by atoms with Crippen molar-refractivity contribution in [1.29, 1.82) is 5.41 Å². The Bertz CT molecular complexity index is 1060. The summed E-state index contributed by atoms with van der Waals surface area (Å²) in [6, 6.07) is 14.8. The van der Waals surface area contributed by atoms with Crippen molar-refractivity contribution in [1.82, 2.24) is 0 Å². The number of aliphatic carboxylic acids is 1. The molecule has 3 rings (SSSR count). The van der Waals surface area contributed by atoms with Gasteiger partial charge in [-0.25, -0.2) is 4.79 Å². The van der Waals surface area contributed by atoms with Gasteiger partial charge in [0.1, 0.15) is 30.4 Å². The largest absolute Gasteiger partial charge is 0.497 e. The maximum absolute atomic E-state index is 11.5. The van der Waals surface area contributed by atoms with Crippen molar-refractivity contribution in [3.05, 3.63) is 82.3 Å². The van der Waals surface area contributed by atoms with Gasteiger partial charge in [0, 0.05) is 0 Å². The lowest BCUT2D eigenvalue weighted by Crippen LogP contribution is -2.31. The smallest absolute Gasteiger partial charge is 0.350 e. The fraction of sp³-hybridized carbons (Fsp3) is 0.280. The van der Waals surface area contributed by atoms with Crippen molar-refractivity contribution in [3.8, 4) is 11.5 Å². The van der Waals surface area contributed by atoms with Gasteiger partial charge < -0.3 is 24.1 Å². The number of allylic oxidation sites excluding steroid dienone is 2. The first-order valence-corrected chi connectivity index (χ1v) is 10.7. The summed E-state index contributed by atoms with van der Waals surface area (Å²) in [6.45, 7) is 2.23. The molecule has 33 heavy (non-hydrogen) atoms. The highest BCUT2D eigenvalue weighted by Gasteiger charge is 2.36. The number of carboxylic acid groups (broad SMARTS) is 1. The third-order valence-corrected chi connectivity index (χ3v) is 5.70. The molecule has 0 saturated carbocycles. The summed E-state index contributed by atoms with van der Waals surface area (Å²) in [7, 11) is 3.19. The fourth-order valence-corrected chi connectivity index (χ4v) is 3.89. The van der Waals surface area contributed by atoms with Gasteiger partial charge in [-0.15, -0.1) is 0 Å². The Labute approximate surface area is 197 Å². The van der Waals surface area contributed by atoms with Crippen molar-refractivity contribution >= 4 is 23.3 Å². The highest BCUT2D eigenvalue weighted by molar-refractivity contribution is 6.41. The Morgan fingerprint density at radius 2 is 1.42 bits per heavy atom. The molecular formula is C25H26ClNO6. The van der Waals surface area contributed by atoms with E-state index in [1.54, 1.807) is 27.2 Å². The molecule has 0 saturated heterocycles. The molecule has 1 aliphatic rings. The third kappa shape index (κ3) is 5.87. The van der Waals surface area contributed by atoms with Crippen LogP contribution in [0.4, 0.5) is 0 Å². The Kier molecular flexibility index (Phi) is 8.01. The molecule has 0 amide bonds. The van der Waals surface area contributed by atoms with Crippen LogP contribution in [-0.2, 0) is 27.5 Å². The van der Waals surface area contributed by atoms with Gasteiger partial charge in [-0.2, -0.15) is 0 Å². The molecule has 2 N–H and O–H groups in total.